The highest BCUT2D eigenvalue weighted by molar-refractivity contribution is 5.73. The van der Waals surface area contributed by atoms with E-state index in [1.807, 2.05) is 6.92 Å². The van der Waals surface area contributed by atoms with Crippen molar-refractivity contribution < 1.29 is 24.3 Å². The molecule has 0 radical (unpaired) electrons. The number of carbonyl (C=O) groups excluding carboxylic acids is 1. The Bertz CT molecular complexity index is 258. The summed E-state index contributed by atoms with van der Waals surface area (Å²) >= 11 is 0. The largest absolute Gasteiger partial charge is 0.479 e. The molecule has 0 aromatic carbocycles. The molecule has 0 saturated carbocycles. The van der Waals surface area contributed by atoms with Crippen molar-refractivity contribution >= 4 is 12.0 Å². The third-order valence-electron chi connectivity index (χ3n) is 2.09. The van der Waals surface area contributed by atoms with Crippen LogP contribution < -0.4 is 5.48 Å². The SMILES string of the molecule is CC1CN(C(=O)NOCC(=O)O)CCCO1. The molecule has 16 heavy (non-hydrogen) atoms. The van der Waals surface area contributed by atoms with Gasteiger partial charge < -0.3 is 14.7 Å². The molecule has 1 rings (SSSR count). The van der Waals surface area contributed by atoms with Gasteiger partial charge in [-0.1, -0.05) is 0 Å². The molecule has 1 fully saturated rings. The first-order valence-electron chi connectivity index (χ1n) is 5.09. The van der Waals surface area contributed by atoms with Gasteiger partial charge in [0.05, 0.1) is 6.10 Å². The minimum Gasteiger partial charge on any atom is -0.479 e. The average Bonchev–Trinajstić information content (AvgIpc) is 2.42. The molecular weight excluding hydrogens is 216 g/mol. The molecule has 92 valence electrons. The Hall–Kier alpha value is -1.34. The van der Waals surface area contributed by atoms with Crippen LogP contribution in [0.1, 0.15) is 13.3 Å². The van der Waals surface area contributed by atoms with Crippen molar-refractivity contribution in [3.8, 4) is 0 Å². The lowest BCUT2D eigenvalue weighted by Crippen LogP contribution is -2.43. The molecule has 0 bridgehead atoms. The van der Waals surface area contributed by atoms with Crippen LogP contribution in [0.25, 0.3) is 0 Å². The van der Waals surface area contributed by atoms with Crippen LogP contribution in [0.3, 0.4) is 0 Å². The predicted octanol–water partition coefficient (Wildman–Crippen LogP) is -0.177. The Morgan fingerprint density at radius 1 is 1.62 bits per heavy atom. The van der Waals surface area contributed by atoms with E-state index in [-0.39, 0.29) is 6.10 Å². The first-order valence-corrected chi connectivity index (χ1v) is 5.09. The summed E-state index contributed by atoms with van der Waals surface area (Å²) in [6, 6.07) is -0.432. The summed E-state index contributed by atoms with van der Waals surface area (Å²) in [6.07, 6.45) is 0.740. The van der Waals surface area contributed by atoms with Gasteiger partial charge in [0.1, 0.15) is 0 Å². The Morgan fingerprint density at radius 3 is 3.06 bits per heavy atom. The number of urea groups is 1. The smallest absolute Gasteiger partial charge is 0.341 e. The summed E-state index contributed by atoms with van der Waals surface area (Å²) in [7, 11) is 0. The molecular formula is C9H16N2O5. The number of carbonyl (C=O) groups is 2. The summed E-state index contributed by atoms with van der Waals surface area (Å²) in [5.74, 6) is -1.13. The van der Waals surface area contributed by atoms with Crippen molar-refractivity contribution in [1.82, 2.24) is 10.4 Å². The molecule has 0 aliphatic carbocycles. The zero-order chi connectivity index (χ0) is 12.0. The first kappa shape index (κ1) is 12.7. The van der Waals surface area contributed by atoms with Gasteiger partial charge in [0, 0.05) is 19.7 Å². The molecule has 2 amide bonds. The highest BCUT2D eigenvalue weighted by Gasteiger charge is 2.19. The van der Waals surface area contributed by atoms with Gasteiger partial charge in [0.25, 0.3) is 0 Å². The van der Waals surface area contributed by atoms with Gasteiger partial charge in [0.15, 0.2) is 6.61 Å². The lowest BCUT2D eigenvalue weighted by atomic mass is 10.3. The van der Waals surface area contributed by atoms with Crippen molar-refractivity contribution in [3.05, 3.63) is 0 Å². The van der Waals surface area contributed by atoms with Gasteiger partial charge in [-0.2, -0.15) is 0 Å². The van der Waals surface area contributed by atoms with E-state index in [0.29, 0.717) is 19.7 Å². The summed E-state index contributed by atoms with van der Waals surface area (Å²) in [4.78, 5) is 27.7. The molecule has 1 atom stereocenters. The van der Waals surface area contributed by atoms with E-state index in [2.05, 4.69) is 10.3 Å². The lowest BCUT2D eigenvalue weighted by Gasteiger charge is -2.21. The second-order valence-electron chi connectivity index (χ2n) is 3.57. The third-order valence-corrected chi connectivity index (χ3v) is 2.09. The van der Waals surface area contributed by atoms with E-state index in [9.17, 15) is 9.59 Å². The number of carboxylic acid groups (broad SMARTS) is 1. The molecule has 0 aromatic heterocycles. The number of hydrogen-bond acceptors (Lipinski definition) is 4. The summed E-state index contributed by atoms with van der Waals surface area (Å²) < 4.78 is 5.37. The van der Waals surface area contributed by atoms with Crippen LogP contribution in [0.2, 0.25) is 0 Å². The topological polar surface area (TPSA) is 88.1 Å². The summed E-state index contributed by atoms with van der Waals surface area (Å²) in [5, 5.41) is 8.31. The van der Waals surface area contributed by atoms with Crippen molar-refractivity contribution in [3.63, 3.8) is 0 Å². The van der Waals surface area contributed by atoms with Crippen molar-refractivity contribution in [2.75, 3.05) is 26.3 Å². The average molecular weight is 232 g/mol. The van der Waals surface area contributed by atoms with Crippen LogP contribution in [-0.4, -0.2) is 54.4 Å². The number of hydroxylamine groups is 1. The Morgan fingerprint density at radius 2 is 2.38 bits per heavy atom. The lowest BCUT2D eigenvalue weighted by molar-refractivity contribution is -0.144. The maximum atomic E-state index is 11.5. The van der Waals surface area contributed by atoms with Crippen LogP contribution >= 0.6 is 0 Å². The third kappa shape index (κ3) is 4.45. The van der Waals surface area contributed by atoms with Gasteiger partial charge in [-0.25, -0.2) is 15.1 Å². The Kier molecular flexibility index (Phi) is 5.00. The number of nitrogens with one attached hydrogen (secondary N) is 1. The number of hydrogen-bond donors (Lipinski definition) is 2. The van der Waals surface area contributed by atoms with Gasteiger partial charge in [-0.05, 0) is 13.3 Å². The van der Waals surface area contributed by atoms with E-state index in [1.165, 1.54) is 0 Å². The van der Waals surface area contributed by atoms with Gasteiger partial charge in [-0.3, -0.25) is 4.84 Å². The number of carboxylic acids is 1. The van der Waals surface area contributed by atoms with Gasteiger partial charge >= 0.3 is 12.0 Å². The number of nitrogens with zero attached hydrogens (tertiary/aromatic N) is 1. The quantitative estimate of drug-likeness (QED) is 0.659. The zero-order valence-electron chi connectivity index (χ0n) is 9.14. The van der Waals surface area contributed by atoms with E-state index in [0.717, 1.165) is 6.42 Å². The van der Waals surface area contributed by atoms with Crippen LogP contribution in [0.15, 0.2) is 0 Å². The highest BCUT2D eigenvalue weighted by Crippen LogP contribution is 2.05. The molecule has 1 aliphatic rings. The summed E-state index contributed by atoms with van der Waals surface area (Å²) in [6.45, 7) is 3.01. The van der Waals surface area contributed by atoms with E-state index in [1.54, 1.807) is 4.90 Å². The minimum atomic E-state index is -1.13. The molecule has 1 aliphatic heterocycles. The first-order chi connectivity index (χ1) is 7.59. The maximum absolute atomic E-state index is 11.5. The number of amides is 2. The van der Waals surface area contributed by atoms with Crippen LogP contribution in [0.4, 0.5) is 4.79 Å². The second-order valence-corrected chi connectivity index (χ2v) is 3.57. The molecule has 0 aromatic rings. The standard InChI is InChI=1S/C9H16N2O5/c1-7-5-11(3-2-4-15-7)9(14)10-16-6-8(12)13/h7H,2-6H2,1H3,(H,10,14)(H,12,13). The summed E-state index contributed by atoms with van der Waals surface area (Å²) in [5.41, 5.74) is 2.08. The second kappa shape index (κ2) is 6.29. The zero-order valence-corrected chi connectivity index (χ0v) is 9.14. The molecule has 1 heterocycles. The van der Waals surface area contributed by atoms with Gasteiger partial charge in [0.2, 0.25) is 0 Å². The van der Waals surface area contributed by atoms with Crippen LogP contribution in [-0.2, 0) is 14.4 Å². The molecule has 1 saturated heterocycles. The number of rotatable bonds is 3. The van der Waals surface area contributed by atoms with E-state index < -0.39 is 18.6 Å². The number of aliphatic carboxylic acids is 1. The van der Waals surface area contributed by atoms with Crippen LogP contribution in [0.5, 0.6) is 0 Å². The van der Waals surface area contributed by atoms with Crippen molar-refractivity contribution in [2.45, 2.75) is 19.4 Å². The molecule has 2 N–H and O–H groups in total. The number of ether oxygens (including phenoxy) is 1. The maximum Gasteiger partial charge on any atom is 0.341 e. The minimum absolute atomic E-state index is 0.0206. The Balaban J connectivity index is 2.31. The fraction of sp³-hybridized carbons (Fsp3) is 0.778. The molecule has 1 unspecified atom stereocenters. The van der Waals surface area contributed by atoms with E-state index in [4.69, 9.17) is 9.84 Å². The fourth-order valence-electron chi connectivity index (χ4n) is 1.40. The van der Waals surface area contributed by atoms with Gasteiger partial charge in [-0.15, -0.1) is 0 Å². The fourth-order valence-corrected chi connectivity index (χ4v) is 1.40. The van der Waals surface area contributed by atoms with Crippen LogP contribution in [0, 0.1) is 0 Å². The molecule has 7 nitrogen and oxygen atoms in total. The normalized spacial score (nSPS) is 21.3. The van der Waals surface area contributed by atoms with Crippen molar-refractivity contribution in [1.29, 1.82) is 0 Å². The molecule has 7 heteroatoms. The van der Waals surface area contributed by atoms with Crippen molar-refractivity contribution in [2.24, 2.45) is 0 Å². The molecule has 0 spiro atoms. The van der Waals surface area contributed by atoms with E-state index >= 15 is 0 Å². The predicted molar refractivity (Wildman–Crippen MR) is 53.7 cm³/mol. The highest BCUT2D eigenvalue weighted by atomic mass is 16.7. The monoisotopic (exact) mass is 232 g/mol. The Labute approximate surface area is 93.3 Å².